The number of aryl methyl sites for hydroxylation is 2. The molecule has 31 heavy (non-hydrogen) atoms. The van der Waals surface area contributed by atoms with Gasteiger partial charge in [0.1, 0.15) is 23.1 Å². The monoisotopic (exact) mass is 425 g/mol. The van der Waals surface area contributed by atoms with Gasteiger partial charge in [-0.05, 0) is 38.1 Å². The second-order valence-corrected chi connectivity index (χ2v) is 7.56. The van der Waals surface area contributed by atoms with Gasteiger partial charge in [0.25, 0.3) is 5.91 Å². The highest BCUT2D eigenvalue weighted by molar-refractivity contribution is 5.92. The molecule has 1 aliphatic heterocycles. The second kappa shape index (κ2) is 8.73. The van der Waals surface area contributed by atoms with Crippen molar-refractivity contribution >= 4 is 17.6 Å². The zero-order valence-electron chi connectivity index (χ0n) is 17.5. The lowest BCUT2D eigenvalue weighted by atomic mass is 10.2. The Morgan fingerprint density at radius 1 is 1.10 bits per heavy atom. The maximum Gasteiger partial charge on any atom is 0.289 e. The maximum absolute atomic E-state index is 14.2. The molecule has 3 aromatic rings. The van der Waals surface area contributed by atoms with Crippen LogP contribution < -0.4 is 5.32 Å². The van der Waals surface area contributed by atoms with E-state index in [2.05, 4.69) is 10.4 Å². The van der Waals surface area contributed by atoms with E-state index in [1.807, 2.05) is 4.90 Å². The number of nitrogens with one attached hydrogen (secondary N) is 1. The molecule has 1 fully saturated rings. The van der Waals surface area contributed by atoms with Crippen molar-refractivity contribution in [3.8, 4) is 5.69 Å². The average molecular weight is 425 g/mol. The number of amides is 2. The Bertz CT molecular complexity index is 1100. The fourth-order valence-corrected chi connectivity index (χ4v) is 3.60. The van der Waals surface area contributed by atoms with Crippen LogP contribution >= 0.6 is 0 Å². The van der Waals surface area contributed by atoms with Crippen molar-refractivity contribution in [1.82, 2.24) is 19.6 Å². The number of halogens is 1. The van der Waals surface area contributed by atoms with E-state index in [1.165, 1.54) is 10.7 Å². The van der Waals surface area contributed by atoms with Crippen LogP contribution in [0.15, 0.2) is 46.9 Å². The largest absolute Gasteiger partial charge is 0.456 e. The van der Waals surface area contributed by atoms with Crippen molar-refractivity contribution in [3.63, 3.8) is 0 Å². The molecule has 2 amide bonds. The Morgan fingerprint density at radius 3 is 2.52 bits per heavy atom. The molecule has 2 aromatic heterocycles. The van der Waals surface area contributed by atoms with E-state index < -0.39 is 5.82 Å². The number of hydrogen-bond donors (Lipinski definition) is 1. The predicted octanol–water partition coefficient (Wildman–Crippen LogP) is 2.62. The number of aromatic nitrogens is 2. The summed E-state index contributed by atoms with van der Waals surface area (Å²) in [6.45, 7) is 5.92. The minimum Gasteiger partial charge on any atom is -0.456 e. The van der Waals surface area contributed by atoms with E-state index in [1.54, 1.807) is 55.1 Å². The standard InChI is InChI=1S/C22H24FN5O3/c1-15-13-20(28(25-15)18-6-4-3-5-17(18)23)24-21(29)14-26-9-11-27(12-10-26)22(30)19-8-7-16(2)31-19/h3-8,13H,9-12,14H2,1-2H3,(H,24,29). The summed E-state index contributed by atoms with van der Waals surface area (Å²) in [5.74, 6) is 0.660. The first-order chi connectivity index (χ1) is 14.9. The number of rotatable bonds is 5. The first kappa shape index (κ1) is 20.8. The molecule has 0 atom stereocenters. The molecule has 0 spiro atoms. The predicted molar refractivity (Wildman–Crippen MR) is 113 cm³/mol. The fraction of sp³-hybridized carbons (Fsp3) is 0.318. The van der Waals surface area contributed by atoms with Crippen LogP contribution in [0.2, 0.25) is 0 Å². The van der Waals surface area contributed by atoms with Crippen LogP contribution in [0.1, 0.15) is 22.0 Å². The number of piperazine rings is 1. The van der Waals surface area contributed by atoms with Gasteiger partial charge in [0.2, 0.25) is 5.91 Å². The molecular weight excluding hydrogens is 401 g/mol. The molecule has 1 aromatic carbocycles. The minimum absolute atomic E-state index is 0.138. The number of anilines is 1. The zero-order valence-corrected chi connectivity index (χ0v) is 17.5. The summed E-state index contributed by atoms with van der Waals surface area (Å²) < 4.78 is 21.0. The van der Waals surface area contributed by atoms with Gasteiger partial charge in [0, 0.05) is 32.2 Å². The van der Waals surface area contributed by atoms with Gasteiger partial charge in [-0.15, -0.1) is 0 Å². The number of carbonyl (C=O) groups is 2. The molecule has 0 radical (unpaired) electrons. The summed E-state index contributed by atoms with van der Waals surface area (Å²) in [4.78, 5) is 28.8. The molecule has 3 heterocycles. The van der Waals surface area contributed by atoms with E-state index in [4.69, 9.17) is 4.42 Å². The van der Waals surface area contributed by atoms with Crippen LogP contribution in [0.4, 0.5) is 10.2 Å². The van der Waals surface area contributed by atoms with Crippen LogP contribution in [-0.2, 0) is 4.79 Å². The topological polar surface area (TPSA) is 83.6 Å². The third-order valence-corrected chi connectivity index (χ3v) is 5.16. The molecule has 8 nitrogen and oxygen atoms in total. The van der Waals surface area contributed by atoms with E-state index in [0.29, 0.717) is 49.2 Å². The van der Waals surface area contributed by atoms with Crippen molar-refractivity contribution in [2.24, 2.45) is 0 Å². The van der Waals surface area contributed by atoms with E-state index in [0.717, 1.165) is 0 Å². The second-order valence-electron chi connectivity index (χ2n) is 7.56. The SMILES string of the molecule is Cc1cc(NC(=O)CN2CCN(C(=O)c3ccc(C)o3)CC2)n(-c2ccccc2F)n1. The molecule has 1 N–H and O–H groups in total. The van der Waals surface area contributed by atoms with E-state index in [9.17, 15) is 14.0 Å². The van der Waals surface area contributed by atoms with Crippen molar-refractivity contribution in [3.05, 3.63) is 65.5 Å². The van der Waals surface area contributed by atoms with Crippen LogP contribution in [0, 0.1) is 19.7 Å². The van der Waals surface area contributed by atoms with E-state index >= 15 is 0 Å². The molecule has 0 unspecified atom stereocenters. The van der Waals surface area contributed by atoms with Crippen molar-refractivity contribution in [2.75, 3.05) is 38.0 Å². The molecule has 0 bridgehead atoms. The van der Waals surface area contributed by atoms with Crippen molar-refractivity contribution in [1.29, 1.82) is 0 Å². The van der Waals surface area contributed by atoms with Crippen molar-refractivity contribution < 1.29 is 18.4 Å². The third kappa shape index (κ3) is 4.66. The first-order valence-corrected chi connectivity index (χ1v) is 10.1. The van der Waals surface area contributed by atoms with Gasteiger partial charge >= 0.3 is 0 Å². The van der Waals surface area contributed by atoms with E-state index in [-0.39, 0.29) is 24.0 Å². The van der Waals surface area contributed by atoms with Crippen molar-refractivity contribution in [2.45, 2.75) is 13.8 Å². The van der Waals surface area contributed by atoms with Gasteiger partial charge in [-0.2, -0.15) is 5.10 Å². The molecular formula is C22H24FN5O3. The number of carbonyl (C=O) groups excluding carboxylic acids is 2. The maximum atomic E-state index is 14.2. The van der Waals surface area contributed by atoms with Gasteiger partial charge < -0.3 is 14.6 Å². The normalized spacial score (nSPS) is 14.6. The molecule has 162 valence electrons. The zero-order chi connectivity index (χ0) is 22.0. The molecule has 0 aliphatic carbocycles. The summed E-state index contributed by atoms with van der Waals surface area (Å²) in [5.41, 5.74) is 0.935. The lowest BCUT2D eigenvalue weighted by Gasteiger charge is -2.33. The summed E-state index contributed by atoms with van der Waals surface area (Å²) in [7, 11) is 0. The Kier molecular flexibility index (Phi) is 5.85. The molecule has 1 aliphatic rings. The number of nitrogens with zero attached hydrogens (tertiary/aromatic N) is 4. The Morgan fingerprint density at radius 2 is 1.84 bits per heavy atom. The van der Waals surface area contributed by atoms with Crippen LogP contribution in [0.5, 0.6) is 0 Å². The summed E-state index contributed by atoms with van der Waals surface area (Å²) in [6.07, 6.45) is 0. The summed E-state index contributed by atoms with van der Waals surface area (Å²) in [6, 6.07) is 11.4. The summed E-state index contributed by atoms with van der Waals surface area (Å²) in [5, 5.41) is 7.12. The van der Waals surface area contributed by atoms with Crippen LogP contribution in [0.25, 0.3) is 5.69 Å². The van der Waals surface area contributed by atoms with Gasteiger partial charge in [-0.1, -0.05) is 12.1 Å². The molecule has 0 saturated carbocycles. The highest BCUT2D eigenvalue weighted by atomic mass is 19.1. The highest BCUT2D eigenvalue weighted by Gasteiger charge is 2.25. The smallest absolute Gasteiger partial charge is 0.289 e. The Balaban J connectivity index is 1.34. The van der Waals surface area contributed by atoms with Gasteiger partial charge in [-0.25, -0.2) is 9.07 Å². The average Bonchev–Trinajstić information content (AvgIpc) is 3.33. The number of furan rings is 1. The van der Waals surface area contributed by atoms with Crippen LogP contribution in [0.3, 0.4) is 0 Å². The first-order valence-electron chi connectivity index (χ1n) is 10.1. The molecule has 9 heteroatoms. The third-order valence-electron chi connectivity index (χ3n) is 5.16. The van der Waals surface area contributed by atoms with Gasteiger partial charge in [-0.3, -0.25) is 14.5 Å². The number of hydrogen-bond acceptors (Lipinski definition) is 5. The number of benzene rings is 1. The molecule has 1 saturated heterocycles. The quantitative estimate of drug-likeness (QED) is 0.680. The lowest BCUT2D eigenvalue weighted by Crippen LogP contribution is -2.50. The Labute approximate surface area is 179 Å². The van der Waals surface area contributed by atoms with Crippen LogP contribution in [-0.4, -0.2) is 64.1 Å². The Hall–Kier alpha value is -3.46. The summed E-state index contributed by atoms with van der Waals surface area (Å²) >= 11 is 0. The fourth-order valence-electron chi connectivity index (χ4n) is 3.60. The molecule has 4 rings (SSSR count). The minimum atomic E-state index is -0.423. The number of para-hydroxylation sites is 1. The van der Waals surface area contributed by atoms with Gasteiger partial charge in [0.15, 0.2) is 5.76 Å². The lowest BCUT2D eigenvalue weighted by molar-refractivity contribution is -0.117. The van der Waals surface area contributed by atoms with Gasteiger partial charge in [0.05, 0.1) is 12.2 Å². The highest BCUT2D eigenvalue weighted by Crippen LogP contribution is 2.20.